The van der Waals surface area contributed by atoms with Crippen molar-refractivity contribution in [2.45, 2.75) is 6.92 Å². The third kappa shape index (κ3) is 2.44. The van der Waals surface area contributed by atoms with Crippen LogP contribution in [0.4, 0.5) is 5.69 Å². The number of para-hydroxylation sites is 1. The molecule has 0 bridgehead atoms. The summed E-state index contributed by atoms with van der Waals surface area (Å²) >= 11 is 0. The van der Waals surface area contributed by atoms with Gasteiger partial charge >= 0.3 is 0 Å². The number of benzene rings is 2. The third-order valence-corrected chi connectivity index (χ3v) is 3.43. The minimum Gasteiger partial charge on any atom is -0.494 e. The van der Waals surface area contributed by atoms with Gasteiger partial charge in [-0.15, -0.1) is 0 Å². The van der Waals surface area contributed by atoms with E-state index >= 15 is 0 Å². The van der Waals surface area contributed by atoms with Gasteiger partial charge in [0.25, 0.3) is 11.7 Å². The maximum absolute atomic E-state index is 12.3. The maximum atomic E-state index is 12.3. The monoisotopic (exact) mass is 294 g/mol. The van der Waals surface area contributed by atoms with Crippen molar-refractivity contribution in [1.29, 1.82) is 0 Å². The number of rotatable bonds is 3. The van der Waals surface area contributed by atoms with Gasteiger partial charge in [0.05, 0.1) is 5.56 Å². The summed E-state index contributed by atoms with van der Waals surface area (Å²) in [5, 5.41) is 13.0. The van der Waals surface area contributed by atoms with Crippen LogP contribution in [0.5, 0.6) is 5.88 Å². The lowest BCUT2D eigenvalue weighted by atomic mass is 10.1. The summed E-state index contributed by atoms with van der Waals surface area (Å²) in [4.78, 5) is 27.1. The number of Topliss-reactive ketones (excluding diaryl/α,β-unsaturated/α-hetero) is 1. The Hall–Kier alpha value is -3.08. The van der Waals surface area contributed by atoms with Crippen molar-refractivity contribution < 1.29 is 14.7 Å². The van der Waals surface area contributed by atoms with Crippen LogP contribution in [0.3, 0.4) is 0 Å². The lowest BCUT2D eigenvalue weighted by molar-refractivity contribution is -0.112. The number of aromatic nitrogens is 1. The van der Waals surface area contributed by atoms with E-state index < -0.39 is 11.7 Å². The second kappa shape index (κ2) is 5.37. The smallest absolute Gasteiger partial charge is 0.297 e. The van der Waals surface area contributed by atoms with Crippen LogP contribution in [-0.4, -0.2) is 21.8 Å². The van der Waals surface area contributed by atoms with Crippen LogP contribution in [0.1, 0.15) is 15.9 Å². The summed E-state index contributed by atoms with van der Waals surface area (Å²) in [6, 6.07) is 14.0. The molecule has 22 heavy (non-hydrogen) atoms. The normalized spacial score (nSPS) is 10.6. The summed E-state index contributed by atoms with van der Waals surface area (Å²) in [5.41, 5.74) is 2.17. The van der Waals surface area contributed by atoms with Crippen LogP contribution in [0, 0.1) is 6.92 Å². The minimum atomic E-state index is -0.788. The Bertz CT molecular complexity index is 863. The molecule has 3 rings (SSSR count). The van der Waals surface area contributed by atoms with Crippen molar-refractivity contribution in [1.82, 2.24) is 4.98 Å². The summed E-state index contributed by atoms with van der Waals surface area (Å²) in [5.74, 6) is -1.87. The molecule has 1 aromatic heterocycles. The Labute approximate surface area is 126 Å². The first kappa shape index (κ1) is 13.9. The second-order valence-electron chi connectivity index (χ2n) is 5.04. The number of nitrogens with one attached hydrogen (secondary N) is 2. The van der Waals surface area contributed by atoms with Crippen molar-refractivity contribution in [2.75, 3.05) is 5.32 Å². The van der Waals surface area contributed by atoms with Crippen molar-refractivity contribution in [3.63, 3.8) is 0 Å². The number of carbonyl (C=O) groups excluding carboxylic acids is 2. The molecule has 1 amide bonds. The number of anilines is 1. The van der Waals surface area contributed by atoms with Gasteiger partial charge in [-0.25, -0.2) is 0 Å². The first-order valence-corrected chi connectivity index (χ1v) is 6.78. The van der Waals surface area contributed by atoms with E-state index in [4.69, 9.17) is 0 Å². The van der Waals surface area contributed by atoms with Crippen LogP contribution in [-0.2, 0) is 4.79 Å². The van der Waals surface area contributed by atoms with Gasteiger partial charge in [-0.1, -0.05) is 35.9 Å². The molecular formula is C17H14N2O3. The number of ketones is 1. The molecule has 1 heterocycles. The number of hydrogen-bond donors (Lipinski definition) is 3. The van der Waals surface area contributed by atoms with Crippen LogP contribution >= 0.6 is 0 Å². The quantitative estimate of drug-likeness (QED) is 0.513. The van der Waals surface area contributed by atoms with Crippen molar-refractivity contribution >= 4 is 28.3 Å². The number of aromatic hydroxyl groups is 1. The molecule has 5 heteroatoms. The van der Waals surface area contributed by atoms with E-state index in [9.17, 15) is 14.7 Å². The first-order chi connectivity index (χ1) is 10.6. The van der Waals surface area contributed by atoms with Gasteiger partial charge in [0.2, 0.25) is 5.88 Å². The lowest BCUT2D eigenvalue weighted by Gasteiger charge is -2.04. The highest BCUT2D eigenvalue weighted by Crippen LogP contribution is 2.27. The molecule has 0 aliphatic rings. The highest BCUT2D eigenvalue weighted by molar-refractivity contribution is 6.49. The highest BCUT2D eigenvalue weighted by atomic mass is 16.3. The molecule has 0 spiro atoms. The van der Waals surface area contributed by atoms with Crippen molar-refractivity contribution in [3.8, 4) is 5.88 Å². The zero-order valence-electron chi connectivity index (χ0n) is 11.9. The SMILES string of the molecule is Cc1ccc(NC(=O)C(=O)c2c(O)[nH]c3ccccc23)cc1. The molecular weight excluding hydrogens is 280 g/mol. The Balaban J connectivity index is 1.90. The molecule has 3 N–H and O–H groups in total. The molecule has 0 atom stereocenters. The Morgan fingerprint density at radius 3 is 2.45 bits per heavy atom. The van der Waals surface area contributed by atoms with E-state index in [-0.39, 0.29) is 11.4 Å². The number of amides is 1. The largest absolute Gasteiger partial charge is 0.494 e. The van der Waals surface area contributed by atoms with Gasteiger partial charge in [-0.2, -0.15) is 0 Å². The summed E-state index contributed by atoms with van der Waals surface area (Å²) < 4.78 is 0. The number of hydrogen-bond acceptors (Lipinski definition) is 3. The Morgan fingerprint density at radius 1 is 1.05 bits per heavy atom. The van der Waals surface area contributed by atoms with Crippen molar-refractivity contribution in [3.05, 3.63) is 59.7 Å². The molecule has 3 aromatic rings. The minimum absolute atomic E-state index is 0.0137. The number of aryl methyl sites for hydroxylation is 1. The Morgan fingerprint density at radius 2 is 1.73 bits per heavy atom. The number of fused-ring (bicyclic) bond motifs is 1. The van der Waals surface area contributed by atoms with Crippen LogP contribution < -0.4 is 5.32 Å². The fourth-order valence-corrected chi connectivity index (χ4v) is 2.30. The molecule has 0 aliphatic carbocycles. The molecule has 110 valence electrons. The highest BCUT2D eigenvalue weighted by Gasteiger charge is 2.24. The van der Waals surface area contributed by atoms with E-state index in [2.05, 4.69) is 10.3 Å². The standard InChI is InChI=1S/C17H14N2O3/c1-10-6-8-11(9-7-10)18-17(22)15(20)14-12-4-2-3-5-13(12)19-16(14)21/h2-9,19,21H,1H3,(H,18,22). The molecule has 0 saturated heterocycles. The average Bonchev–Trinajstić information content (AvgIpc) is 2.84. The van der Waals surface area contributed by atoms with Gasteiger partial charge in [0.1, 0.15) is 0 Å². The zero-order valence-corrected chi connectivity index (χ0v) is 11.9. The van der Waals surface area contributed by atoms with Gasteiger partial charge in [0, 0.05) is 16.6 Å². The van der Waals surface area contributed by atoms with E-state index in [1.54, 1.807) is 36.4 Å². The zero-order chi connectivity index (χ0) is 15.7. The van der Waals surface area contributed by atoms with E-state index in [0.29, 0.717) is 16.6 Å². The molecule has 0 unspecified atom stereocenters. The summed E-state index contributed by atoms with van der Waals surface area (Å²) in [6.45, 7) is 1.93. The second-order valence-corrected chi connectivity index (χ2v) is 5.04. The predicted molar refractivity (Wildman–Crippen MR) is 84.1 cm³/mol. The number of H-pyrrole nitrogens is 1. The molecule has 0 radical (unpaired) electrons. The molecule has 2 aromatic carbocycles. The third-order valence-electron chi connectivity index (χ3n) is 3.43. The van der Waals surface area contributed by atoms with Crippen molar-refractivity contribution in [2.24, 2.45) is 0 Å². The first-order valence-electron chi connectivity index (χ1n) is 6.78. The lowest BCUT2D eigenvalue weighted by Crippen LogP contribution is -2.22. The van der Waals surface area contributed by atoms with Gasteiger partial charge < -0.3 is 15.4 Å². The summed E-state index contributed by atoms with van der Waals surface area (Å²) in [7, 11) is 0. The number of aromatic amines is 1. The molecule has 0 aliphatic heterocycles. The van der Waals surface area contributed by atoms with Gasteiger partial charge in [-0.3, -0.25) is 9.59 Å². The van der Waals surface area contributed by atoms with E-state index in [1.165, 1.54) is 0 Å². The van der Waals surface area contributed by atoms with E-state index in [1.807, 2.05) is 19.1 Å². The topological polar surface area (TPSA) is 82.2 Å². The van der Waals surface area contributed by atoms with Crippen LogP contribution in [0.15, 0.2) is 48.5 Å². The van der Waals surface area contributed by atoms with E-state index in [0.717, 1.165) is 5.56 Å². The fraction of sp³-hybridized carbons (Fsp3) is 0.0588. The predicted octanol–water partition coefficient (Wildman–Crippen LogP) is 3.00. The number of carbonyl (C=O) groups is 2. The Kier molecular flexibility index (Phi) is 3.39. The van der Waals surface area contributed by atoms with Crippen LogP contribution in [0.2, 0.25) is 0 Å². The van der Waals surface area contributed by atoms with Gasteiger partial charge in [0.15, 0.2) is 0 Å². The molecule has 5 nitrogen and oxygen atoms in total. The van der Waals surface area contributed by atoms with Crippen LogP contribution in [0.25, 0.3) is 10.9 Å². The fourth-order valence-electron chi connectivity index (χ4n) is 2.30. The summed E-state index contributed by atoms with van der Waals surface area (Å²) in [6.07, 6.45) is 0. The molecule has 0 fully saturated rings. The molecule has 0 saturated carbocycles. The average molecular weight is 294 g/mol. The van der Waals surface area contributed by atoms with Gasteiger partial charge in [-0.05, 0) is 25.1 Å². The maximum Gasteiger partial charge on any atom is 0.297 e.